The van der Waals surface area contributed by atoms with Crippen LogP contribution in [-0.4, -0.2) is 25.2 Å². The molecule has 1 heterocycles. The van der Waals surface area contributed by atoms with E-state index >= 15 is 0 Å². The number of carbonyl (C=O) groups excluding carboxylic acids is 1. The van der Waals surface area contributed by atoms with Gasteiger partial charge in [0.2, 0.25) is 5.96 Å². The fourth-order valence-electron chi connectivity index (χ4n) is 1.86. The summed E-state index contributed by atoms with van der Waals surface area (Å²) in [5, 5.41) is 5.79. The minimum atomic E-state index is -0.475. The van der Waals surface area contributed by atoms with E-state index in [4.69, 9.17) is 4.74 Å². The minimum Gasteiger partial charge on any atom is -0.450 e. The predicted octanol–water partition coefficient (Wildman–Crippen LogP) is 1.82. The van der Waals surface area contributed by atoms with Crippen LogP contribution >= 0.6 is 0 Å². The zero-order chi connectivity index (χ0) is 12.8. The number of carbonyl (C=O) groups is 1. The molecule has 1 aliphatic heterocycles. The van der Waals surface area contributed by atoms with Crippen LogP contribution in [0.3, 0.4) is 0 Å². The van der Waals surface area contributed by atoms with Crippen molar-refractivity contribution < 1.29 is 9.53 Å². The molecule has 0 saturated carbocycles. The third kappa shape index (κ3) is 3.23. The molecule has 18 heavy (non-hydrogen) atoms. The minimum absolute atomic E-state index is 0.181. The summed E-state index contributed by atoms with van der Waals surface area (Å²) in [6.07, 6.45) is 0.440. The van der Waals surface area contributed by atoms with Gasteiger partial charge in [0.1, 0.15) is 0 Å². The molecular weight excluding hydrogens is 230 g/mol. The average molecular weight is 247 g/mol. The van der Waals surface area contributed by atoms with Crippen molar-refractivity contribution in [3.8, 4) is 0 Å². The number of amides is 1. The van der Waals surface area contributed by atoms with Gasteiger partial charge in [0.05, 0.1) is 12.6 Å². The summed E-state index contributed by atoms with van der Waals surface area (Å²) in [6.45, 7) is 2.80. The molecule has 0 spiro atoms. The number of benzene rings is 1. The second-order valence-corrected chi connectivity index (χ2v) is 3.97. The van der Waals surface area contributed by atoms with Gasteiger partial charge in [0.25, 0.3) is 0 Å². The lowest BCUT2D eigenvalue weighted by Gasteiger charge is -2.24. The Kier molecular flexibility index (Phi) is 4.17. The van der Waals surface area contributed by atoms with Crippen molar-refractivity contribution in [2.24, 2.45) is 4.99 Å². The summed E-state index contributed by atoms with van der Waals surface area (Å²) in [5.74, 6) is 0.480. The van der Waals surface area contributed by atoms with Crippen LogP contribution in [0.1, 0.15) is 24.9 Å². The van der Waals surface area contributed by atoms with Gasteiger partial charge < -0.3 is 10.1 Å². The molecule has 0 radical (unpaired) electrons. The number of guanidine groups is 1. The molecule has 0 saturated heterocycles. The van der Waals surface area contributed by atoms with Crippen LogP contribution in [0, 0.1) is 0 Å². The Bertz CT molecular complexity index is 431. The lowest BCUT2D eigenvalue weighted by molar-refractivity contribution is 0.157. The number of nitrogens with one attached hydrogen (secondary N) is 2. The van der Waals surface area contributed by atoms with Gasteiger partial charge in [-0.05, 0) is 18.9 Å². The van der Waals surface area contributed by atoms with Gasteiger partial charge in [0, 0.05) is 6.54 Å². The second-order valence-electron chi connectivity index (χ2n) is 3.97. The number of nitrogens with zero attached hydrogens (tertiary/aromatic N) is 1. The number of alkyl carbamates (subject to hydrolysis) is 1. The molecule has 5 nitrogen and oxygen atoms in total. The van der Waals surface area contributed by atoms with Crippen LogP contribution in [0.4, 0.5) is 4.79 Å². The number of hydrogen-bond acceptors (Lipinski definition) is 4. The quantitative estimate of drug-likeness (QED) is 0.838. The molecule has 1 atom stereocenters. The van der Waals surface area contributed by atoms with E-state index in [9.17, 15) is 4.79 Å². The Balaban J connectivity index is 1.96. The van der Waals surface area contributed by atoms with Crippen molar-refractivity contribution in [2.45, 2.75) is 19.4 Å². The van der Waals surface area contributed by atoms with Crippen LogP contribution in [0.2, 0.25) is 0 Å². The first-order chi connectivity index (χ1) is 8.79. The van der Waals surface area contributed by atoms with Crippen LogP contribution in [0.15, 0.2) is 35.3 Å². The zero-order valence-corrected chi connectivity index (χ0v) is 10.3. The number of hydrogen-bond donors (Lipinski definition) is 2. The standard InChI is InChI=1S/C13H17N3O2/c1-2-18-13(17)16-12-14-9-8-11(15-12)10-6-4-3-5-7-10/h3-7,11H,2,8-9H2,1H3,(H2,14,15,16,17). The van der Waals surface area contributed by atoms with Crippen LogP contribution < -0.4 is 10.6 Å². The van der Waals surface area contributed by atoms with Crippen LogP contribution in [0.5, 0.6) is 0 Å². The SMILES string of the molecule is CCOC(=O)NC1=NCCC(c2ccccc2)N1. The number of rotatable bonds is 2. The maximum atomic E-state index is 11.3. The third-order valence-corrected chi connectivity index (χ3v) is 2.70. The van der Waals surface area contributed by atoms with Crippen molar-refractivity contribution >= 4 is 12.1 Å². The topological polar surface area (TPSA) is 62.7 Å². The Morgan fingerprint density at radius 1 is 1.50 bits per heavy atom. The summed E-state index contributed by atoms with van der Waals surface area (Å²) in [7, 11) is 0. The van der Waals surface area contributed by atoms with E-state index in [0.29, 0.717) is 19.1 Å². The van der Waals surface area contributed by atoms with E-state index in [1.807, 2.05) is 18.2 Å². The van der Waals surface area contributed by atoms with Crippen molar-refractivity contribution in [2.75, 3.05) is 13.2 Å². The Morgan fingerprint density at radius 2 is 2.28 bits per heavy atom. The summed E-state index contributed by atoms with van der Waals surface area (Å²) in [5.41, 5.74) is 1.19. The molecule has 1 aliphatic rings. The number of aliphatic imine (C=N–C) groups is 1. The lowest BCUT2D eigenvalue weighted by Crippen LogP contribution is -2.45. The largest absolute Gasteiger partial charge is 0.450 e. The Hall–Kier alpha value is -2.04. The first-order valence-corrected chi connectivity index (χ1v) is 6.09. The van der Waals surface area contributed by atoms with Gasteiger partial charge in [-0.15, -0.1) is 0 Å². The van der Waals surface area contributed by atoms with Gasteiger partial charge >= 0.3 is 6.09 Å². The lowest BCUT2D eigenvalue weighted by atomic mass is 10.0. The Labute approximate surface area is 106 Å². The van der Waals surface area contributed by atoms with Gasteiger partial charge in [-0.2, -0.15) is 0 Å². The molecule has 2 N–H and O–H groups in total. The molecular formula is C13H17N3O2. The number of ether oxygens (including phenoxy) is 1. The van der Waals surface area contributed by atoms with E-state index in [1.165, 1.54) is 5.56 Å². The first-order valence-electron chi connectivity index (χ1n) is 6.09. The monoisotopic (exact) mass is 247 g/mol. The molecule has 5 heteroatoms. The van der Waals surface area contributed by atoms with Crippen LogP contribution in [-0.2, 0) is 4.74 Å². The highest BCUT2D eigenvalue weighted by Gasteiger charge is 2.18. The summed E-state index contributed by atoms with van der Waals surface area (Å²) in [6, 6.07) is 10.3. The summed E-state index contributed by atoms with van der Waals surface area (Å²) >= 11 is 0. The molecule has 0 aromatic heterocycles. The average Bonchev–Trinajstić information content (AvgIpc) is 2.40. The van der Waals surface area contributed by atoms with E-state index in [0.717, 1.165) is 6.42 Å². The van der Waals surface area contributed by atoms with Gasteiger partial charge in [0.15, 0.2) is 0 Å². The van der Waals surface area contributed by atoms with Crippen molar-refractivity contribution in [1.29, 1.82) is 0 Å². The molecule has 1 aromatic rings. The fourth-order valence-corrected chi connectivity index (χ4v) is 1.86. The van der Waals surface area contributed by atoms with Crippen molar-refractivity contribution in [1.82, 2.24) is 10.6 Å². The maximum Gasteiger partial charge on any atom is 0.413 e. The molecule has 2 rings (SSSR count). The molecule has 1 amide bonds. The normalized spacial score (nSPS) is 18.5. The first kappa shape index (κ1) is 12.4. The summed E-state index contributed by atoms with van der Waals surface area (Å²) < 4.78 is 4.81. The third-order valence-electron chi connectivity index (χ3n) is 2.70. The fraction of sp³-hybridized carbons (Fsp3) is 0.385. The van der Waals surface area contributed by atoms with Crippen molar-refractivity contribution in [3.05, 3.63) is 35.9 Å². The molecule has 0 fully saturated rings. The van der Waals surface area contributed by atoms with E-state index in [1.54, 1.807) is 6.92 Å². The van der Waals surface area contributed by atoms with E-state index in [2.05, 4.69) is 27.8 Å². The highest BCUT2D eigenvalue weighted by atomic mass is 16.5. The molecule has 0 aliphatic carbocycles. The van der Waals surface area contributed by atoms with Gasteiger partial charge in [-0.1, -0.05) is 30.3 Å². The zero-order valence-electron chi connectivity index (χ0n) is 10.3. The van der Waals surface area contributed by atoms with Crippen molar-refractivity contribution in [3.63, 3.8) is 0 Å². The van der Waals surface area contributed by atoms with Crippen LogP contribution in [0.25, 0.3) is 0 Å². The maximum absolute atomic E-state index is 11.3. The highest BCUT2D eigenvalue weighted by molar-refractivity contribution is 5.94. The molecule has 1 aromatic carbocycles. The second kappa shape index (κ2) is 6.05. The van der Waals surface area contributed by atoms with E-state index in [-0.39, 0.29) is 6.04 Å². The van der Waals surface area contributed by atoms with E-state index < -0.39 is 6.09 Å². The molecule has 0 bridgehead atoms. The molecule has 96 valence electrons. The highest BCUT2D eigenvalue weighted by Crippen LogP contribution is 2.18. The predicted molar refractivity (Wildman–Crippen MR) is 69.4 cm³/mol. The van der Waals surface area contributed by atoms with Gasteiger partial charge in [-0.25, -0.2) is 4.79 Å². The smallest absolute Gasteiger partial charge is 0.413 e. The van der Waals surface area contributed by atoms with Gasteiger partial charge in [-0.3, -0.25) is 10.3 Å². The molecule has 1 unspecified atom stereocenters. The summed E-state index contributed by atoms with van der Waals surface area (Å²) in [4.78, 5) is 15.5. The Morgan fingerprint density at radius 3 is 3.00 bits per heavy atom.